The van der Waals surface area contributed by atoms with E-state index in [1.165, 1.54) is 57.4 Å². The van der Waals surface area contributed by atoms with E-state index in [2.05, 4.69) is 13.5 Å². The van der Waals surface area contributed by atoms with Crippen LogP contribution in [0.1, 0.15) is 126 Å². The minimum atomic E-state index is -0.460. The van der Waals surface area contributed by atoms with Crippen LogP contribution in [0.3, 0.4) is 0 Å². The molecular weight excluding hydrogens is 608 g/mol. The van der Waals surface area contributed by atoms with Crippen LogP contribution in [0.25, 0.3) is 0 Å². The standard InChI is InChI=1S/C40H56O8/c1-3-5-6-14-29-44-34-21-17-32(18-22-34)39(42)47-36-25-27-37(28-26-36)48-40(43)33-19-23-35(24-20-33)45-30-15-12-10-8-7-9-11-13-16-31-46-38(41)4-2/h4,17-18,21-22,25-28,33,35H,2-3,5-16,19-20,23-24,29-31H2,1H3. The third-order valence-electron chi connectivity index (χ3n) is 8.67. The van der Waals surface area contributed by atoms with E-state index in [-0.39, 0.29) is 24.0 Å². The van der Waals surface area contributed by atoms with E-state index in [0.717, 1.165) is 70.1 Å². The minimum absolute atomic E-state index is 0.132. The highest BCUT2D eigenvalue weighted by atomic mass is 16.5. The topological polar surface area (TPSA) is 97.4 Å². The van der Waals surface area contributed by atoms with Gasteiger partial charge in [-0.1, -0.05) is 77.7 Å². The Morgan fingerprint density at radius 2 is 1.17 bits per heavy atom. The fraction of sp³-hybridized carbons (Fsp3) is 0.575. The summed E-state index contributed by atoms with van der Waals surface area (Å²) in [6.07, 6.45) is 19.6. The van der Waals surface area contributed by atoms with Crippen LogP contribution in [0.15, 0.2) is 61.2 Å². The van der Waals surface area contributed by atoms with Crippen molar-refractivity contribution >= 4 is 17.9 Å². The van der Waals surface area contributed by atoms with Gasteiger partial charge in [-0.25, -0.2) is 9.59 Å². The van der Waals surface area contributed by atoms with Gasteiger partial charge < -0.3 is 23.7 Å². The molecule has 0 heterocycles. The SMILES string of the molecule is C=CC(=O)OCCCCCCCCCCCOC1CCC(C(=O)Oc2ccc(OC(=O)c3ccc(OCCCCCC)cc3)cc2)CC1. The first kappa shape index (κ1) is 38.8. The molecular formula is C40H56O8. The first-order valence-electron chi connectivity index (χ1n) is 18.2. The third kappa shape index (κ3) is 16.0. The van der Waals surface area contributed by atoms with E-state index in [1.54, 1.807) is 48.5 Å². The molecule has 1 aliphatic rings. The van der Waals surface area contributed by atoms with Crippen LogP contribution in [0.4, 0.5) is 0 Å². The molecule has 0 amide bonds. The summed E-state index contributed by atoms with van der Waals surface area (Å²) in [5.41, 5.74) is 0.435. The Morgan fingerprint density at radius 3 is 1.77 bits per heavy atom. The predicted octanol–water partition coefficient (Wildman–Crippen LogP) is 9.59. The van der Waals surface area contributed by atoms with E-state index >= 15 is 0 Å². The lowest BCUT2D eigenvalue weighted by atomic mass is 9.87. The molecule has 0 aromatic heterocycles. The van der Waals surface area contributed by atoms with Gasteiger partial charge in [0.1, 0.15) is 17.2 Å². The van der Waals surface area contributed by atoms with E-state index in [1.807, 2.05) is 0 Å². The van der Waals surface area contributed by atoms with Crippen LogP contribution in [0, 0.1) is 5.92 Å². The zero-order chi connectivity index (χ0) is 34.2. The van der Waals surface area contributed by atoms with Gasteiger partial charge in [-0.05, 0) is 93.5 Å². The number of carbonyl (C=O) groups excluding carboxylic acids is 3. The van der Waals surface area contributed by atoms with Crippen molar-refractivity contribution in [3.8, 4) is 17.2 Å². The lowest BCUT2D eigenvalue weighted by Crippen LogP contribution is -2.29. The number of rotatable bonds is 24. The first-order chi connectivity index (χ1) is 23.5. The number of esters is 3. The number of carbonyl (C=O) groups is 3. The van der Waals surface area contributed by atoms with Crippen molar-refractivity contribution in [1.29, 1.82) is 0 Å². The number of hydrogen-bond acceptors (Lipinski definition) is 8. The quantitative estimate of drug-likeness (QED) is 0.0474. The molecule has 264 valence electrons. The molecule has 1 aliphatic carbocycles. The van der Waals surface area contributed by atoms with Crippen molar-refractivity contribution in [1.82, 2.24) is 0 Å². The lowest BCUT2D eigenvalue weighted by molar-refractivity contribution is -0.141. The van der Waals surface area contributed by atoms with Crippen molar-refractivity contribution in [3.05, 3.63) is 66.7 Å². The van der Waals surface area contributed by atoms with Gasteiger partial charge in [-0.2, -0.15) is 0 Å². The van der Waals surface area contributed by atoms with Crippen LogP contribution in [0.5, 0.6) is 17.2 Å². The Labute approximate surface area is 287 Å². The van der Waals surface area contributed by atoms with Gasteiger partial charge in [-0.15, -0.1) is 0 Å². The van der Waals surface area contributed by atoms with Crippen molar-refractivity contribution in [2.45, 2.75) is 122 Å². The average Bonchev–Trinajstić information content (AvgIpc) is 3.11. The van der Waals surface area contributed by atoms with Gasteiger partial charge in [0.05, 0.1) is 30.8 Å². The van der Waals surface area contributed by atoms with E-state index in [9.17, 15) is 14.4 Å². The molecule has 0 atom stereocenters. The maximum Gasteiger partial charge on any atom is 0.343 e. The Kier molecular flexibility index (Phi) is 19.1. The fourth-order valence-electron chi connectivity index (χ4n) is 5.74. The smallest absolute Gasteiger partial charge is 0.343 e. The van der Waals surface area contributed by atoms with Crippen molar-refractivity contribution in [3.63, 3.8) is 0 Å². The molecule has 0 bridgehead atoms. The Hall–Kier alpha value is -3.65. The van der Waals surface area contributed by atoms with Crippen LogP contribution >= 0.6 is 0 Å². The highest BCUT2D eigenvalue weighted by Gasteiger charge is 2.28. The number of hydrogen-bond donors (Lipinski definition) is 0. The minimum Gasteiger partial charge on any atom is -0.494 e. The number of benzene rings is 2. The summed E-state index contributed by atoms with van der Waals surface area (Å²) in [7, 11) is 0. The maximum atomic E-state index is 12.8. The van der Waals surface area contributed by atoms with Gasteiger partial charge >= 0.3 is 17.9 Å². The fourth-order valence-corrected chi connectivity index (χ4v) is 5.74. The molecule has 0 spiro atoms. The van der Waals surface area contributed by atoms with Crippen molar-refractivity contribution in [2.75, 3.05) is 19.8 Å². The zero-order valence-corrected chi connectivity index (χ0v) is 29.0. The van der Waals surface area contributed by atoms with Crippen LogP contribution < -0.4 is 14.2 Å². The van der Waals surface area contributed by atoms with E-state index in [4.69, 9.17) is 23.7 Å². The molecule has 2 aromatic carbocycles. The summed E-state index contributed by atoms with van der Waals surface area (Å²) in [5, 5.41) is 0. The number of unbranched alkanes of at least 4 members (excludes halogenated alkanes) is 11. The second-order valence-corrected chi connectivity index (χ2v) is 12.6. The summed E-state index contributed by atoms with van der Waals surface area (Å²) in [4.78, 5) is 36.4. The average molecular weight is 665 g/mol. The van der Waals surface area contributed by atoms with Gasteiger partial charge in [-0.3, -0.25) is 4.79 Å². The molecule has 0 N–H and O–H groups in total. The molecule has 8 nitrogen and oxygen atoms in total. The largest absolute Gasteiger partial charge is 0.494 e. The zero-order valence-electron chi connectivity index (χ0n) is 29.0. The van der Waals surface area contributed by atoms with Gasteiger partial charge in [0.2, 0.25) is 0 Å². The summed E-state index contributed by atoms with van der Waals surface area (Å²) in [6.45, 7) is 7.50. The molecule has 0 unspecified atom stereocenters. The summed E-state index contributed by atoms with van der Waals surface area (Å²) in [5.74, 6) is 0.399. The van der Waals surface area contributed by atoms with Crippen LogP contribution in [0.2, 0.25) is 0 Å². The maximum absolute atomic E-state index is 12.8. The Morgan fingerprint density at radius 1 is 0.646 bits per heavy atom. The summed E-state index contributed by atoms with van der Waals surface area (Å²) >= 11 is 0. The molecule has 8 heteroatoms. The van der Waals surface area contributed by atoms with Crippen LogP contribution in [-0.2, 0) is 19.1 Å². The predicted molar refractivity (Wildman–Crippen MR) is 188 cm³/mol. The number of ether oxygens (including phenoxy) is 5. The molecule has 3 rings (SSSR count). The molecule has 1 saturated carbocycles. The van der Waals surface area contributed by atoms with Gasteiger partial charge in [0.25, 0.3) is 0 Å². The highest BCUT2D eigenvalue weighted by molar-refractivity contribution is 5.91. The van der Waals surface area contributed by atoms with Crippen LogP contribution in [-0.4, -0.2) is 43.8 Å². The van der Waals surface area contributed by atoms with E-state index < -0.39 is 5.97 Å². The van der Waals surface area contributed by atoms with Gasteiger partial charge in [0.15, 0.2) is 0 Å². The molecule has 0 radical (unpaired) electrons. The third-order valence-corrected chi connectivity index (χ3v) is 8.67. The normalized spacial score (nSPS) is 15.8. The molecule has 1 fully saturated rings. The van der Waals surface area contributed by atoms with Crippen molar-refractivity contribution < 1.29 is 38.1 Å². The first-order valence-corrected chi connectivity index (χ1v) is 18.2. The molecule has 0 saturated heterocycles. The molecule has 2 aromatic rings. The lowest BCUT2D eigenvalue weighted by Gasteiger charge is -2.27. The molecule has 48 heavy (non-hydrogen) atoms. The van der Waals surface area contributed by atoms with Gasteiger partial charge in [0, 0.05) is 12.7 Å². The second kappa shape index (κ2) is 23.6. The highest BCUT2D eigenvalue weighted by Crippen LogP contribution is 2.29. The Bertz CT molecular complexity index is 1200. The molecule has 0 aliphatic heterocycles. The monoisotopic (exact) mass is 664 g/mol. The van der Waals surface area contributed by atoms with Crippen molar-refractivity contribution in [2.24, 2.45) is 5.92 Å². The Balaban J connectivity index is 1.21. The second-order valence-electron chi connectivity index (χ2n) is 12.6. The summed E-state index contributed by atoms with van der Waals surface area (Å²) < 4.78 is 28.0. The van der Waals surface area contributed by atoms with E-state index in [0.29, 0.717) is 30.3 Å². The summed E-state index contributed by atoms with van der Waals surface area (Å²) in [6, 6.07) is 13.5.